The van der Waals surface area contributed by atoms with Gasteiger partial charge in [-0.2, -0.15) is 0 Å². The maximum Gasteiger partial charge on any atom is 0.278 e. The highest BCUT2D eigenvalue weighted by atomic mass is 32.2. The Balaban J connectivity index is 1.61. The van der Waals surface area contributed by atoms with Gasteiger partial charge in [0.1, 0.15) is 9.96 Å². The van der Waals surface area contributed by atoms with Gasteiger partial charge in [0, 0.05) is 23.0 Å². The maximum atomic E-state index is 12.3. The number of sulfonamides is 1. The molecule has 2 heterocycles. The summed E-state index contributed by atoms with van der Waals surface area (Å²) in [6.45, 7) is 2.24. The summed E-state index contributed by atoms with van der Waals surface area (Å²) in [5.74, 6) is 0.669. The molecule has 126 valence electrons. The van der Waals surface area contributed by atoms with Crippen molar-refractivity contribution in [3.63, 3.8) is 0 Å². The van der Waals surface area contributed by atoms with Crippen molar-refractivity contribution in [2.45, 2.75) is 24.1 Å². The molecule has 1 aromatic carbocycles. The second-order valence-corrected chi connectivity index (χ2v) is 8.96. The molecule has 0 unspecified atom stereocenters. The van der Waals surface area contributed by atoms with E-state index >= 15 is 0 Å². The van der Waals surface area contributed by atoms with Gasteiger partial charge in [-0.3, -0.25) is 0 Å². The number of hydrogen-bond acceptors (Lipinski definition) is 6. The molecule has 0 spiro atoms. The zero-order valence-electron chi connectivity index (χ0n) is 12.9. The van der Waals surface area contributed by atoms with Crippen molar-refractivity contribution >= 4 is 32.7 Å². The zero-order valence-corrected chi connectivity index (χ0v) is 15.4. The Morgan fingerprint density at radius 2 is 1.96 bits per heavy atom. The smallest absolute Gasteiger partial charge is 0.278 e. The molecule has 0 saturated carbocycles. The Bertz CT molecular complexity index is 885. The van der Waals surface area contributed by atoms with E-state index in [0.29, 0.717) is 15.2 Å². The monoisotopic (exact) mass is 380 g/mol. The summed E-state index contributed by atoms with van der Waals surface area (Å²) < 4.78 is 33.1. The van der Waals surface area contributed by atoms with Crippen LogP contribution in [0.25, 0.3) is 0 Å². The molecule has 1 N–H and O–H groups in total. The fourth-order valence-corrected chi connectivity index (χ4v) is 4.84. The van der Waals surface area contributed by atoms with Crippen molar-refractivity contribution in [3.8, 4) is 10.9 Å². The van der Waals surface area contributed by atoms with Gasteiger partial charge >= 0.3 is 0 Å². The molecule has 0 atom stereocenters. The summed E-state index contributed by atoms with van der Waals surface area (Å²) >= 11 is 2.72. The van der Waals surface area contributed by atoms with E-state index in [-0.39, 0.29) is 6.54 Å². The van der Waals surface area contributed by atoms with Gasteiger partial charge in [-0.1, -0.05) is 30.4 Å². The number of thiophene rings is 1. The highest BCUT2D eigenvalue weighted by Gasteiger charge is 2.16. The van der Waals surface area contributed by atoms with Crippen LogP contribution < -0.4 is 9.46 Å². The Morgan fingerprint density at radius 1 is 1.17 bits per heavy atom. The molecule has 0 bridgehead atoms. The molecule has 5 nitrogen and oxygen atoms in total. The summed E-state index contributed by atoms with van der Waals surface area (Å²) in [5.41, 5.74) is 0.859. The molecule has 0 fully saturated rings. The number of benzene rings is 1. The molecule has 2 aromatic heterocycles. The van der Waals surface area contributed by atoms with Crippen LogP contribution in [0.3, 0.4) is 0 Å². The van der Waals surface area contributed by atoms with Gasteiger partial charge < -0.3 is 4.74 Å². The third kappa shape index (κ3) is 4.21. The van der Waals surface area contributed by atoms with Gasteiger partial charge in [0.05, 0.1) is 0 Å². The highest BCUT2D eigenvalue weighted by molar-refractivity contribution is 7.91. The Labute approximate surface area is 149 Å². The number of hydrogen-bond donors (Lipinski definition) is 1. The molecule has 3 rings (SSSR count). The first-order valence-corrected chi connectivity index (χ1v) is 10.5. The van der Waals surface area contributed by atoms with E-state index in [1.54, 1.807) is 24.4 Å². The number of ether oxygens (including phenoxy) is 1. The van der Waals surface area contributed by atoms with Gasteiger partial charge in [0.2, 0.25) is 10.0 Å². The normalized spacial score (nSPS) is 11.5. The quantitative estimate of drug-likeness (QED) is 0.672. The van der Waals surface area contributed by atoms with E-state index in [9.17, 15) is 8.42 Å². The van der Waals surface area contributed by atoms with Crippen molar-refractivity contribution < 1.29 is 13.2 Å². The van der Waals surface area contributed by atoms with Crippen LogP contribution in [-0.4, -0.2) is 13.4 Å². The summed E-state index contributed by atoms with van der Waals surface area (Å²) in [6.07, 6.45) is 2.51. The average molecular weight is 381 g/mol. The second-order valence-electron chi connectivity index (χ2n) is 4.94. The lowest BCUT2D eigenvalue weighted by Gasteiger charge is -2.06. The maximum absolute atomic E-state index is 12.3. The van der Waals surface area contributed by atoms with Crippen LogP contribution in [0, 0.1) is 0 Å². The lowest BCUT2D eigenvalue weighted by molar-refractivity contribution is 0.478. The molecule has 0 radical (unpaired) electrons. The summed E-state index contributed by atoms with van der Waals surface area (Å²) in [4.78, 5) is 5.11. The molecule has 0 amide bonds. The predicted octanol–water partition coefficient (Wildman–Crippen LogP) is 4.04. The zero-order chi connectivity index (χ0) is 17.0. The first kappa shape index (κ1) is 17.1. The Morgan fingerprint density at radius 3 is 2.58 bits per heavy atom. The van der Waals surface area contributed by atoms with Crippen LogP contribution in [0.4, 0.5) is 0 Å². The van der Waals surface area contributed by atoms with E-state index in [2.05, 4.69) is 9.71 Å². The minimum Gasteiger partial charge on any atom is -0.431 e. The summed E-state index contributed by atoms with van der Waals surface area (Å²) in [6, 6.07) is 10.8. The largest absolute Gasteiger partial charge is 0.431 e. The van der Waals surface area contributed by atoms with Crippen LogP contribution in [0.5, 0.6) is 10.9 Å². The first-order valence-electron chi connectivity index (χ1n) is 7.31. The Kier molecular flexibility index (Phi) is 5.30. The van der Waals surface area contributed by atoms with Crippen LogP contribution in [-0.2, 0) is 23.0 Å². The van der Waals surface area contributed by atoms with Crippen molar-refractivity contribution in [1.82, 2.24) is 9.71 Å². The fraction of sp³-hybridized carbons (Fsp3) is 0.188. The van der Waals surface area contributed by atoms with E-state index < -0.39 is 10.0 Å². The summed E-state index contributed by atoms with van der Waals surface area (Å²) in [7, 11) is -3.47. The van der Waals surface area contributed by atoms with Gasteiger partial charge in [0.15, 0.2) is 0 Å². The SMILES string of the molecule is CCc1ccc(S(=O)(=O)NCc2ccc(Oc3nccs3)cc2)s1. The summed E-state index contributed by atoms with van der Waals surface area (Å²) in [5, 5.41) is 2.42. The number of nitrogens with zero attached hydrogens (tertiary/aromatic N) is 1. The van der Waals surface area contributed by atoms with Crippen LogP contribution in [0.2, 0.25) is 0 Å². The van der Waals surface area contributed by atoms with E-state index in [4.69, 9.17) is 4.74 Å². The van der Waals surface area contributed by atoms with Crippen LogP contribution in [0.15, 0.2) is 52.2 Å². The lowest BCUT2D eigenvalue weighted by Crippen LogP contribution is -2.22. The highest BCUT2D eigenvalue weighted by Crippen LogP contribution is 2.24. The van der Waals surface area contributed by atoms with E-state index in [1.807, 2.05) is 30.5 Å². The molecular formula is C16H16N2O3S3. The predicted molar refractivity (Wildman–Crippen MR) is 96.4 cm³/mol. The molecule has 0 aliphatic rings. The second kappa shape index (κ2) is 7.43. The lowest BCUT2D eigenvalue weighted by atomic mass is 10.2. The van der Waals surface area contributed by atoms with Crippen LogP contribution in [0.1, 0.15) is 17.4 Å². The molecular weight excluding hydrogens is 364 g/mol. The Hall–Kier alpha value is -1.74. The van der Waals surface area contributed by atoms with Crippen molar-refractivity contribution in [2.75, 3.05) is 0 Å². The molecule has 0 aliphatic carbocycles. The third-order valence-corrected chi connectivity index (χ3v) is 7.03. The average Bonchev–Trinajstić information content (AvgIpc) is 3.26. The minimum absolute atomic E-state index is 0.235. The molecule has 8 heteroatoms. The van der Waals surface area contributed by atoms with Crippen molar-refractivity contribution in [1.29, 1.82) is 0 Å². The van der Waals surface area contributed by atoms with Crippen molar-refractivity contribution in [2.24, 2.45) is 0 Å². The van der Waals surface area contributed by atoms with E-state index in [1.165, 1.54) is 22.7 Å². The number of thiazole rings is 1. The van der Waals surface area contributed by atoms with Gasteiger partial charge in [-0.25, -0.2) is 18.1 Å². The number of aryl methyl sites for hydroxylation is 1. The first-order chi connectivity index (χ1) is 11.6. The minimum atomic E-state index is -3.47. The number of aromatic nitrogens is 1. The molecule has 24 heavy (non-hydrogen) atoms. The third-order valence-electron chi connectivity index (χ3n) is 3.25. The van der Waals surface area contributed by atoms with Crippen molar-refractivity contribution in [3.05, 3.63) is 58.4 Å². The fourth-order valence-electron chi connectivity index (χ4n) is 1.98. The topological polar surface area (TPSA) is 68.3 Å². The molecule has 0 saturated heterocycles. The number of rotatable bonds is 7. The van der Waals surface area contributed by atoms with E-state index in [0.717, 1.165) is 16.9 Å². The standard InChI is InChI=1S/C16H16N2O3S3/c1-2-14-7-8-15(23-14)24(19,20)18-11-12-3-5-13(6-4-12)21-16-17-9-10-22-16/h3-10,18H,2,11H2,1H3. The number of nitrogens with one attached hydrogen (secondary N) is 1. The molecule has 3 aromatic rings. The van der Waals surface area contributed by atoms with Crippen LogP contribution >= 0.6 is 22.7 Å². The van der Waals surface area contributed by atoms with Gasteiger partial charge in [0.25, 0.3) is 5.19 Å². The van der Waals surface area contributed by atoms with Gasteiger partial charge in [-0.05, 0) is 36.2 Å². The van der Waals surface area contributed by atoms with Gasteiger partial charge in [-0.15, -0.1) is 11.3 Å². The molecule has 0 aliphatic heterocycles.